The average Bonchev–Trinajstić information content (AvgIpc) is 2.90. The Kier molecular flexibility index (Phi) is 5.11. The van der Waals surface area contributed by atoms with Crippen molar-refractivity contribution in [2.24, 2.45) is 0 Å². The third-order valence-electron chi connectivity index (χ3n) is 3.88. The zero-order chi connectivity index (χ0) is 17.5. The SMILES string of the molecule is COC(=O)[C@@H](C)Sc1nc(SC)nc2sc3c(c12)CC(C)(C)OC3. The summed E-state index contributed by atoms with van der Waals surface area (Å²) in [5, 5.41) is 2.34. The largest absolute Gasteiger partial charge is 0.468 e. The molecule has 1 aliphatic rings. The highest BCUT2D eigenvalue weighted by Gasteiger charge is 2.31. The third kappa shape index (κ3) is 3.42. The molecule has 0 amide bonds. The fraction of sp³-hybridized carbons (Fsp3) is 0.562. The first-order valence-corrected chi connectivity index (χ1v) is 10.5. The zero-order valence-corrected chi connectivity index (χ0v) is 16.8. The van der Waals surface area contributed by atoms with Gasteiger partial charge in [0.15, 0.2) is 5.16 Å². The van der Waals surface area contributed by atoms with Crippen LogP contribution in [0.1, 0.15) is 31.2 Å². The second-order valence-electron chi connectivity index (χ2n) is 6.21. The number of rotatable bonds is 4. The monoisotopic (exact) mass is 384 g/mol. The van der Waals surface area contributed by atoms with E-state index in [4.69, 9.17) is 9.47 Å². The smallest absolute Gasteiger partial charge is 0.318 e. The van der Waals surface area contributed by atoms with Crippen molar-refractivity contribution < 1.29 is 14.3 Å². The van der Waals surface area contributed by atoms with Gasteiger partial charge in [-0.05, 0) is 32.6 Å². The summed E-state index contributed by atoms with van der Waals surface area (Å²) in [7, 11) is 1.41. The molecule has 1 aliphatic heterocycles. The molecule has 2 aromatic rings. The minimum Gasteiger partial charge on any atom is -0.468 e. The van der Waals surface area contributed by atoms with Crippen LogP contribution in [0.15, 0.2) is 10.2 Å². The van der Waals surface area contributed by atoms with Crippen LogP contribution in [-0.4, -0.2) is 40.2 Å². The van der Waals surface area contributed by atoms with Gasteiger partial charge < -0.3 is 9.47 Å². The Hall–Kier alpha value is -0.830. The molecular weight excluding hydrogens is 364 g/mol. The summed E-state index contributed by atoms with van der Waals surface area (Å²) in [5.74, 6) is -0.245. The topological polar surface area (TPSA) is 61.3 Å². The van der Waals surface area contributed by atoms with E-state index in [2.05, 4.69) is 23.8 Å². The Morgan fingerprint density at radius 2 is 2.17 bits per heavy atom. The Morgan fingerprint density at radius 3 is 2.83 bits per heavy atom. The summed E-state index contributed by atoms with van der Waals surface area (Å²) >= 11 is 4.61. The first-order chi connectivity index (χ1) is 11.3. The van der Waals surface area contributed by atoms with Crippen LogP contribution in [0.3, 0.4) is 0 Å². The number of fused-ring (bicyclic) bond motifs is 3. The minimum atomic E-state index is -0.314. The maximum atomic E-state index is 11.8. The van der Waals surface area contributed by atoms with Gasteiger partial charge >= 0.3 is 5.97 Å². The van der Waals surface area contributed by atoms with E-state index < -0.39 is 0 Å². The lowest BCUT2D eigenvalue weighted by Crippen LogP contribution is -2.31. The van der Waals surface area contributed by atoms with Gasteiger partial charge in [0, 0.05) is 16.7 Å². The van der Waals surface area contributed by atoms with Crippen molar-refractivity contribution in [3.8, 4) is 0 Å². The van der Waals surface area contributed by atoms with E-state index in [9.17, 15) is 4.79 Å². The van der Waals surface area contributed by atoms with Gasteiger partial charge in [-0.15, -0.1) is 11.3 Å². The van der Waals surface area contributed by atoms with Crippen LogP contribution in [0.4, 0.5) is 0 Å². The summed E-state index contributed by atoms with van der Waals surface area (Å²) < 4.78 is 10.8. The molecular formula is C16H20N2O3S3. The van der Waals surface area contributed by atoms with Crippen molar-refractivity contribution in [2.45, 2.75) is 54.8 Å². The number of thioether (sulfide) groups is 2. The number of thiophene rings is 1. The molecule has 0 saturated carbocycles. The van der Waals surface area contributed by atoms with Crippen molar-refractivity contribution in [3.63, 3.8) is 0 Å². The number of aromatic nitrogens is 2. The van der Waals surface area contributed by atoms with Crippen LogP contribution in [0.2, 0.25) is 0 Å². The second-order valence-corrected chi connectivity index (χ2v) is 9.39. The highest BCUT2D eigenvalue weighted by Crippen LogP contribution is 2.43. The van der Waals surface area contributed by atoms with Gasteiger partial charge in [-0.1, -0.05) is 23.5 Å². The van der Waals surface area contributed by atoms with Gasteiger partial charge in [-0.3, -0.25) is 4.79 Å². The quantitative estimate of drug-likeness (QED) is 0.343. The summed E-state index contributed by atoms with van der Waals surface area (Å²) in [4.78, 5) is 23.4. The zero-order valence-electron chi connectivity index (χ0n) is 14.3. The average molecular weight is 385 g/mol. The number of esters is 1. The number of carbonyl (C=O) groups is 1. The number of ether oxygens (including phenoxy) is 2. The first-order valence-electron chi connectivity index (χ1n) is 7.59. The highest BCUT2D eigenvalue weighted by atomic mass is 32.2. The Bertz CT molecular complexity index is 788. The third-order valence-corrected chi connectivity index (χ3v) is 6.59. The summed E-state index contributed by atoms with van der Waals surface area (Å²) in [5.41, 5.74) is 1.06. The molecule has 5 nitrogen and oxygen atoms in total. The fourth-order valence-corrected chi connectivity index (χ4v) is 5.30. The molecule has 3 heterocycles. The van der Waals surface area contributed by atoms with Crippen molar-refractivity contribution in [3.05, 3.63) is 10.4 Å². The van der Waals surface area contributed by atoms with Crippen molar-refractivity contribution in [1.82, 2.24) is 9.97 Å². The van der Waals surface area contributed by atoms with Gasteiger partial charge in [-0.2, -0.15) is 0 Å². The molecule has 3 rings (SSSR count). The summed E-state index contributed by atoms with van der Waals surface area (Å²) in [6.45, 7) is 6.64. The lowest BCUT2D eigenvalue weighted by molar-refractivity contribution is -0.139. The van der Waals surface area contributed by atoms with E-state index in [0.717, 1.165) is 26.8 Å². The van der Waals surface area contributed by atoms with Crippen molar-refractivity contribution >= 4 is 51.0 Å². The first kappa shape index (κ1) is 18.0. The molecule has 0 fully saturated rings. The molecule has 8 heteroatoms. The van der Waals surface area contributed by atoms with E-state index >= 15 is 0 Å². The van der Waals surface area contributed by atoms with E-state index in [-0.39, 0.29) is 16.8 Å². The van der Waals surface area contributed by atoms with E-state index in [1.807, 2.05) is 13.2 Å². The molecule has 0 bridgehead atoms. The normalized spacial score (nSPS) is 17.5. The molecule has 130 valence electrons. The standard InChI is InChI=1S/C16H20N2O3S3/c1-8(14(19)20-4)23-12-11-9-6-16(2,3)21-7-10(9)24-13(11)18-15(17-12)22-5/h8H,6-7H2,1-5H3/t8-/m1/s1. The predicted octanol–water partition coefficient (Wildman–Crippen LogP) is 3.92. The van der Waals surface area contributed by atoms with Gasteiger partial charge in [0.05, 0.1) is 19.3 Å². The van der Waals surface area contributed by atoms with E-state index in [0.29, 0.717) is 6.61 Å². The van der Waals surface area contributed by atoms with Crippen LogP contribution < -0.4 is 0 Å². The van der Waals surface area contributed by atoms with Gasteiger partial charge in [0.2, 0.25) is 0 Å². The fourth-order valence-electron chi connectivity index (χ4n) is 2.65. The summed E-state index contributed by atoms with van der Waals surface area (Å²) in [6, 6.07) is 0. The number of nitrogens with zero attached hydrogens (tertiary/aromatic N) is 2. The van der Waals surface area contributed by atoms with Crippen molar-refractivity contribution in [1.29, 1.82) is 0 Å². The highest BCUT2D eigenvalue weighted by molar-refractivity contribution is 8.00. The van der Waals surface area contributed by atoms with E-state index in [1.54, 1.807) is 11.3 Å². The maximum Gasteiger partial charge on any atom is 0.318 e. The number of hydrogen-bond donors (Lipinski definition) is 0. The molecule has 0 unspecified atom stereocenters. The predicted molar refractivity (Wildman–Crippen MR) is 99.1 cm³/mol. The molecule has 0 radical (unpaired) electrons. The Morgan fingerprint density at radius 1 is 1.42 bits per heavy atom. The minimum absolute atomic E-state index is 0.199. The van der Waals surface area contributed by atoms with Crippen LogP contribution >= 0.6 is 34.9 Å². The lowest BCUT2D eigenvalue weighted by atomic mass is 9.95. The van der Waals surface area contributed by atoms with Crippen LogP contribution in [0.25, 0.3) is 10.2 Å². The molecule has 24 heavy (non-hydrogen) atoms. The molecule has 1 atom stereocenters. The molecule has 0 saturated heterocycles. The van der Waals surface area contributed by atoms with Crippen LogP contribution in [0, 0.1) is 0 Å². The number of hydrogen-bond acceptors (Lipinski definition) is 8. The van der Waals surface area contributed by atoms with Crippen molar-refractivity contribution in [2.75, 3.05) is 13.4 Å². The summed E-state index contributed by atoms with van der Waals surface area (Å²) in [6.07, 6.45) is 2.78. The molecule has 0 aliphatic carbocycles. The molecule has 0 N–H and O–H groups in total. The van der Waals surface area contributed by atoms with Gasteiger partial charge in [0.25, 0.3) is 0 Å². The number of methoxy groups -OCH3 is 1. The van der Waals surface area contributed by atoms with Gasteiger partial charge in [0.1, 0.15) is 15.1 Å². The Balaban J connectivity index is 2.12. The molecule has 2 aromatic heterocycles. The Labute approximate surface area is 153 Å². The second kappa shape index (κ2) is 6.82. The number of carbonyl (C=O) groups excluding carboxylic acids is 1. The van der Waals surface area contributed by atoms with Crippen LogP contribution in [0.5, 0.6) is 0 Å². The van der Waals surface area contributed by atoms with Crippen LogP contribution in [-0.2, 0) is 27.3 Å². The molecule has 0 aromatic carbocycles. The van der Waals surface area contributed by atoms with Gasteiger partial charge in [-0.25, -0.2) is 9.97 Å². The molecule has 0 spiro atoms. The van der Waals surface area contributed by atoms with E-state index in [1.165, 1.54) is 41.1 Å². The lowest BCUT2D eigenvalue weighted by Gasteiger charge is -2.30. The maximum absolute atomic E-state index is 11.8.